The average Bonchev–Trinajstić information content (AvgIpc) is 2.28. The van der Waals surface area contributed by atoms with Gasteiger partial charge in [0.25, 0.3) is 0 Å². The highest BCUT2D eigenvalue weighted by atomic mass is 19.3. The van der Waals surface area contributed by atoms with Gasteiger partial charge in [-0.2, -0.15) is 8.78 Å². The maximum Gasteiger partial charge on any atom is 0.387 e. The number of carbonyl (C=O) groups is 1. The third kappa shape index (κ3) is 4.29. The normalized spacial score (nSPS) is 12.4. The van der Waals surface area contributed by atoms with Crippen LogP contribution in [0, 0.1) is 0 Å². The van der Waals surface area contributed by atoms with E-state index in [2.05, 4.69) is 10.1 Å². The topological polar surface area (TPSA) is 64.3 Å². The number of primary amides is 1. The largest absolute Gasteiger partial charge is 0.434 e. The van der Waals surface area contributed by atoms with Crippen LogP contribution >= 0.6 is 0 Å². The molecule has 6 heteroatoms. The summed E-state index contributed by atoms with van der Waals surface area (Å²) in [5, 5.41) is 3.02. The average molecular weight is 258 g/mol. The number of benzene rings is 1. The third-order valence-electron chi connectivity index (χ3n) is 2.37. The van der Waals surface area contributed by atoms with Gasteiger partial charge in [-0.15, -0.1) is 0 Å². The van der Waals surface area contributed by atoms with Crippen molar-refractivity contribution in [3.8, 4) is 5.75 Å². The maximum absolute atomic E-state index is 12.3. The van der Waals surface area contributed by atoms with Crippen LogP contribution in [0.5, 0.6) is 5.75 Å². The van der Waals surface area contributed by atoms with E-state index in [9.17, 15) is 13.6 Å². The molecule has 1 atom stereocenters. The number of halogens is 2. The molecule has 100 valence electrons. The molecule has 0 aromatic heterocycles. The van der Waals surface area contributed by atoms with Crippen LogP contribution < -0.4 is 15.8 Å². The minimum atomic E-state index is -2.90. The Hall–Kier alpha value is -1.69. The third-order valence-corrected chi connectivity index (χ3v) is 2.37. The summed E-state index contributed by atoms with van der Waals surface area (Å²) in [4.78, 5) is 11.0. The summed E-state index contributed by atoms with van der Waals surface area (Å²) in [6.45, 7) is -0.465. The van der Waals surface area contributed by atoms with Crippen LogP contribution in [0.1, 0.15) is 24.9 Å². The van der Waals surface area contributed by atoms with Crippen LogP contribution in [0.15, 0.2) is 24.3 Å². The minimum absolute atomic E-state index is 0.0252. The summed E-state index contributed by atoms with van der Waals surface area (Å²) >= 11 is 0. The Morgan fingerprint density at radius 1 is 1.44 bits per heavy atom. The van der Waals surface area contributed by atoms with Gasteiger partial charge in [-0.3, -0.25) is 4.79 Å². The van der Waals surface area contributed by atoms with Gasteiger partial charge in [-0.05, 0) is 12.6 Å². The molecule has 0 saturated carbocycles. The molecule has 1 unspecified atom stereocenters. The van der Waals surface area contributed by atoms with E-state index in [1.54, 1.807) is 18.2 Å². The first-order valence-electron chi connectivity index (χ1n) is 5.60. The summed E-state index contributed by atoms with van der Waals surface area (Å²) in [5.41, 5.74) is 5.64. The van der Waals surface area contributed by atoms with E-state index in [0.29, 0.717) is 12.1 Å². The van der Waals surface area contributed by atoms with E-state index in [0.717, 1.165) is 0 Å². The van der Waals surface area contributed by atoms with Gasteiger partial charge in [0.15, 0.2) is 0 Å². The predicted molar refractivity (Wildman–Crippen MR) is 63.3 cm³/mol. The molecule has 0 saturated heterocycles. The Bertz CT molecular complexity index is 399. The molecule has 1 rings (SSSR count). The van der Waals surface area contributed by atoms with E-state index < -0.39 is 18.6 Å². The SMILES string of the molecule is CCNC(CC(N)=O)c1ccccc1OC(F)F. The second-order valence-electron chi connectivity index (χ2n) is 3.70. The van der Waals surface area contributed by atoms with Crippen LogP contribution in [0.3, 0.4) is 0 Å². The molecule has 0 aliphatic rings. The number of carbonyl (C=O) groups excluding carboxylic acids is 1. The first-order valence-corrected chi connectivity index (χ1v) is 5.60. The van der Waals surface area contributed by atoms with Crippen molar-refractivity contribution in [2.45, 2.75) is 26.0 Å². The van der Waals surface area contributed by atoms with E-state index in [-0.39, 0.29) is 12.2 Å². The lowest BCUT2D eigenvalue weighted by Crippen LogP contribution is -2.27. The number of nitrogens with one attached hydrogen (secondary N) is 1. The molecule has 18 heavy (non-hydrogen) atoms. The number of hydrogen-bond acceptors (Lipinski definition) is 3. The van der Waals surface area contributed by atoms with Crippen molar-refractivity contribution in [3.05, 3.63) is 29.8 Å². The van der Waals surface area contributed by atoms with E-state index in [1.807, 2.05) is 6.92 Å². The smallest absolute Gasteiger partial charge is 0.387 e. The van der Waals surface area contributed by atoms with Crippen LogP contribution in [-0.4, -0.2) is 19.1 Å². The molecule has 3 N–H and O–H groups in total. The molecule has 0 bridgehead atoms. The molecule has 0 fully saturated rings. The lowest BCUT2D eigenvalue weighted by Gasteiger charge is -2.19. The zero-order valence-corrected chi connectivity index (χ0v) is 10.0. The van der Waals surface area contributed by atoms with Gasteiger partial charge >= 0.3 is 6.61 Å². The zero-order valence-electron chi connectivity index (χ0n) is 10.0. The standard InChI is InChI=1S/C12H16F2N2O2/c1-2-16-9(7-11(15)17)8-5-3-4-6-10(8)18-12(13)14/h3-6,9,12,16H,2,7H2,1H3,(H2,15,17). The van der Waals surface area contributed by atoms with Crippen molar-refractivity contribution in [3.63, 3.8) is 0 Å². The lowest BCUT2D eigenvalue weighted by molar-refractivity contribution is -0.118. The Balaban J connectivity index is 2.98. The van der Waals surface area contributed by atoms with Gasteiger partial charge in [0.2, 0.25) is 5.91 Å². The molecule has 0 spiro atoms. The number of nitrogens with two attached hydrogens (primary N) is 1. The highest BCUT2D eigenvalue weighted by molar-refractivity contribution is 5.74. The molecule has 0 radical (unpaired) electrons. The Labute approximate surface area is 104 Å². The van der Waals surface area contributed by atoms with E-state index in [1.165, 1.54) is 6.07 Å². The maximum atomic E-state index is 12.3. The predicted octanol–water partition coefficient (Wildman–Crippen LogP) is 1.81. The van der Waals surface area contributed by atoms with Gasteiger partial charge < -0.3 is 15.8 Å². The fourth-order valence-electron chi connectivity index (χ4n) is 1.71. The fourth-order valence-corrected chi connectivity index (χ4v) is 1.71. The van der Waals surface area contributed by atoms with Crippen LogP contribution in [-0.2, 0) is 4.79 Å². The Morgan fingerprint density at radius 3 is 2.67 bits per heavy atom. The molecular weight excluding hydrogens is 242 g/mol. The highest BCUT2D eigenvalue weighted by Gasteiger charge is 2.19. The van der Waals surface area contributed by atoms with Crippen molar-refractivity contribution < 1.29 is 18.3 Å². The molecule has 1 aromatic rings. The number of amides is 1. The summed E-state index contributed by atoms with van der Waals surface area (Å²) in [5.74, 6) is -0.451. The molecule has 1 amide bonds. The van der Waals surface area contributed by atoms with Crippen molar-refractivity contribution in [2.75, 3.05) is 6.54 Å². The van der Waals surface area contributed by atoms with Crippen LogP contribution in [0.4, 0.5) is 8.78 Å². The first kappa shape index (κ1) is 14.4. The van der Waals surface area contributed by atoms with Crippen molar-refractivity contribution in [1.29, 1.82) is 0 Å². The molecule has 1 aromatic carbocycles. The van der Waals surface area contributed by atoms with Gasteiger partial charge in [0.1, 0.15) is 5.75 Å². The molecular formula is C12H16F2N2O2. The number of rotatable bonds is 7. The molecule has 0 aliphatic carbocycles. The number of ether oxygens (including phenoxy) is 1. The minimum Gasteiger partial charge on any atom is -0.434 e. The summed E-state index contributed by atoms with van der Waals surface area (Å²) in [6.07, 6.45) is 0.0252. The van der Waals surface area contributed by atoms with Crippen LogP contribution in [0.2, 0.25) is 0 Å². The summed E-state index contributed by atoms with van der Waals surface area (Å²) in [7, 11) is 0. The van der Waals surface area contributed by atoms with E-state index >= 15 is 0 Å². The Kier molecular flexibility index (Phi) is 5.51. The monoisotopic (exact) mass is 258 g/mol. The first-order chi connectivity index (χ1) is 8.54. The number of para-hydroxylation sites is 1. The van der Waals surface area contributed by atoms with Crippen molar-refractivity contribution >= 4 is 5.91 Å². The fraction of sp³-hybridized carbons (Fsp3) is 0.417. The highest BCUT2D eigenvalue weighted by Crippen LogP contribution is 2.28. The molecule has 0 aliphatic heterocycles. The van der Waals surface area contributed by atoms with E-state index in [4.69, 9.17) is 5.73 Å². The van der Waals surface area contributed by atoms with Gasteiger partial charge in [-0.25, -0.2) is 0 Å². The number of alkyl halides is 2. The zero-order chi connectivity index (χ0) is 13.5. The second kappa shape index (κ2) is 6.90. The Morgan fingerprint density at radius 2 is 2.11 bits per heavy atom. The van der Waals surface area contributed by atoms with Crippen molar-refractivity contribution in [2.24, 2.45) is 5.73 Å². The quantitative estimate of drug-likeness (QED) is 0.784. The summed E-state index contributed by atoms with van der Waals surface area (Å²) < 4.78 is 29.0. The van der Waals surface area contributed by atoms with Gasteiger partial charge in [0, 0.05) is 18.0 Å². The van der Waals surface area contributed by atoms with Gasteiger partial charge in [0.05, 0.1) is 0 Å². The summed E-state index contributed by atoms with van der Waals surface area (Å²) in [6, 6.07) is 5.93. The second-order valence-corrected chi connectivity index (χ2v) is 3.70. The lowest BCUT2D eigenvalue weighted by atomic mass is 10.0. The molecule has 4 nitrogen and oxygen atoms in total. The number of hydrogen-bond donors (Lipinski definition) is 2. The molecule has 0 heterocycles. The van der Waals surface area contributed by atoms with Crippen LogP contribution in [0.25, 0.3) is 0 Å². The van der Waals surface area contributed by atoms with Gasteiger partial charge in [-0.1, -0.05) is 25.1 Å². The van der Waals surface area contributed by atoms with Crippen molar-refractivity contribution in [1.82, 2.24) is 5.32 Å².